The van der Waals surface area contributed by atoms with Gasteiger partial charge in [-0.2, -0.15) is 0 Å². The molecule has 0 aromatic heterocycles. The number of carbonyl (C=O) groups excluding carboxylic acids is 2. The molecular formula is C40H46N2O6S. The second kappa shape index (κ2) is 18.2. The van der Waals surface area contributed by atoms with Gasteiger partial charge in [-0.25, -0.2) is 4.79 Å². The molecule has 0 aliphatic rings. The molecule has 0 heterocycles. The van der Waals surface area contributed by atoms with Crippen molar-refractivity contribution in [3.63, 3.8) is 0 Å². The highest BCUT2D eigenvalue weighted by Gasteiger charge is 2.36. The number of carbonyl (C=O) groups is 2. The smallest absolute Gasteiger partial charge is 0.410 e. The van der Waals surface area contributed by atoms with Gasteiger partial charge in [-0.3, -0.25) is 14.9 Å². The highest BCUT2D eigenvalue weighted by molar-refractivity contribution is 8.00. The summed E-state index contributed by atoms with van der Waals surface area (Å²) in [5, 5.41) is 10.9. The van der Waals surface area contributed by atoms with Gasteiger partial charge in [0.05, 0.1) is 9.67 Å². The van der Waals surface area contributed by atoms with E-state index in [9.17, 15) is 19.7 Å². The fraction of sp³-hybridized carbons (Fsp3) is 0.350. The molecule has 0 fully saturated rings. The topological polar surface area (TPSA) is 99.0 Å². The average molecular weight is 683 g/mol. The number of thioether (sulfide) groups is 1. The summed E-state index contributed by atoms with van der Waals surface area (Å²) in [7, 11) is 0. The quantitative estimate of drug-likeness (QED) is 0.0273. The minimum absolute atomic E-state index is 0.0776. The Morgan fingerprint density at radius 1 is 0.694 bits per heavy atom. The van der Waals surface area contributed by atoms with Gasteiger partial charge in [-0.15, -0.1) is 11.8 Å². The molecule has 49 heavy (non-hydrogen) atoms. The minimum Gasteiger partial charge on any atom is -0.444 e. The van der Waals surface area contributed by atoms with Crippen molar-refractivity contribution >= 4 is 29.5 Å². The molecule has 1 amide bonds. The molecule has 0 bridgehead atoms. The zero-order valence-electron chi connectivity index (χ0n) is 28.6. The number of nitrogens with zero attached hydrogens (tertiary/aromatic N) is 2. The summed E-state index contributed by atoms with van der Waals surface area (Å²) >= 11 is 1.96. The Bertz CT molecular complexity index is 1510. The molecule has 0 spiro atoms. The molecule has 258 valence electrons. The summed E-state index contributed by atoms with van der Waals surface area (Å²) in [4.78, 5) is 37.5. The number of ether oxygens (including phenoxy) is 2. The predicted molar refractivity (Wildman–Crippen MR) is 196 cm³/mol. The van der Waals surface area contributed by atoms with E-state index in [-0.39, 0.29) is 22.6 Å². The van der Waals surface area contributed by atoms with Crippen molar-refractivity contribution in [1.82, 2.24) is 4.90 Å². The number of esters is 1. The second-order valence-corrected chi connectivity index (χ2v) is 14.1. The van der Waals surface area contributed by atoms with Gasteiger partial charge in [-0.05, 0) is 74.6 Å². The van der Waals surface area contributed by atoms with E-state index in [1.165, 1.54) is 41.0 Å². The molecule has 0 N–H and O–H groups in total. The fourth-order valence-electron chi connectivity index (χ4n) is 5.61. The maximum Gasteiger partial charge on any atom is 0.410 e. The van der Waals surface area contributed by atoms with Crippen LogP contribution in [0.15, 0.2) is 115 Å². The van der Waals surface area contributed by atoms with E-state index >= 15 is 0 Å². The van der Waals surface area contributed by atoms with E-state index in [4.69, 9.17) is 9.47 Å². The Morgan fingerprint density at radius 3 is 1.67 bits per heavy atom. The largest absolute Gasteiger partial charge is 0.444 e. The third kappa shape index (κ3) is 11.2. The van der Waals surface area contributed by atoms with Gasteiger partial charge in [0.1, 0.15) is 11.4 Å². The summed E-state index contributed by atoms with van der Waals surface area (Å²) in [6, 6.07) is 37.5. The number of nitro benzene ring substituents is 1. The summed E-state index contributed by atoms with van der Waals surface area (Å²) in [5.74, 6) is 0.741. The van der Waals surface area contributed by atoms with Gasteiger partial charge >= 0.3 is 12.1 Å². The van der Waals surface area contributed by atoms with Gasteiger partial charge in [0, 0.05) is 31.6 Å². The first-order chi connectivity index (χ1) is 23.6. The minimum atomic E-state index is -0.635. The number of rotatable bonds is 17. The normalized spacial score (nSPS) is 11.5. The van der Waals surface area contributed by atoms with Crippen LogP contribution in [-0.2, 0) is 14.3 Å². The lowest BCUT2D eigenvalue weighted by molar-refractivity contribution is -0.384. The zero-order valence-corrected chi connectivity index (χ0v) is 29.4. The molecule has 9 heteroatoms. The summed E-state index contributed by atoms with van der Waals surface area (Å²) in [5.41, 5.74) is 3.04. The van der Waals surface area contributed by atoms with Crippen molar-refractivity contribution in [3.8, 4) is 5.75 Å². The molecule has 0 aliphatic carbocycles. The molecule has 0 unspecified atom stereocenters. The summed E-state index contributed by atoms with van der Waals surface area (Å²) in [6.45, 7) is 6.39. The van der Waals surface area contributed by atoms with Crippen LogP contribution >= 0.6 is 11.8 Å². The molecule has 0 aliphatic heterocycles. The Morgan fingerprint density at radius 2 is 1.18 bits per heavy atom. The van der Waals surface area contributed by atoms with E-state index in [1.54, 1.807) is 4.90 Å². The Labute approximate surface area is 294 Å². The predicted octanol–water partition coefficient (Wildman–Crippen LogP) is 9.80. The van der Waals surface area contributed by atoms with Crippen molar-refractivity contribution < 1.29 is 24.0 Å². The zero-order chi connectivity index (χ0) is 35.1. The monoisotopic (exact) mass is 682 g/mol. The molecule has 0 saturated carbocycles. The third-order valence-corrected chi connectivity index (χ3v) is 9.55. The van der Waals surface area contributed by atoms with Gasteiger partial charge in [-0.1, -0.05) is 104 Å². The number of hydrogen-bond acceptors (Lipinski definition) is 7. The van der Waals surface area contributed by atoms with Crippen molar-refractivity contribution in [2.24, 2.45) is 0 Å². The van der Waals surface area contributed by atoms with Gasteiger partial charge in [0.25, 0.3) is 5.69 Å². The maximum atomic E-state index is 13.0. The molecular weight excluding hydrogens is 637 g/mol. The molecule has 8 nitrogen and oxygen atoms in total. The Hall–Kier alpha value is -4.63. The van der Waals surface area contributed by atoms with Gasteiger partial charge in [0.15, 0.2) is 0 Å². The third-order valence-electron chi connectivity index (χ3n) is 7.92. The summed E-state index contributed by atoms with van der Waals surface area (Å²) < 4.78 is 10.6. The number of hydrogen-bond donors (Lipinski definition) is 0. The van der Waals surface area contributed by atoms with Crippen molar-refractivity contribution in [2.45, 2.75) is 69.6 Å². The number of benzene rings is 4. The summed E-state index contributed by atoms with van der Waals surface area (Å²) in [6.07, 6.45) is 3.92. The Kier molecular flexibility index (Phi) is 13.8. The van der Waals surface area contributed by atoms with E-state index < -0.39 is 22.6 Å². The molecule has 0 atom stereocenters. The van der Waals surface area contributed by atoms with Crippen LogP contribution in [0.2, 0.25) is 0 Å². The van der Waals surface area contributed by atoms with Crippen LogP contribution in [0.25, 0.3) is 0 Å². The van der Waals surface area contributed by atoms with Gasteiger partial charge < -0.3 is 14.4 Å². The number of nitro groups is 1. The molecule has 0 radical (unpaired) electrons. The van der Waals surface area contributed by atoms with Crippen LogP contribution in [0.3, 0.4) is 0 Å². The molecule has 0 saturated heterocycles. The van der Waals surface area contributed by atoms with Crippen molar-refractivity contribution in [1.29, 1.82) is 0 Å². The second-order valence-electron chi connectivity index (χ2n) is 12.8. The van der Waals surface area contributed by atoms with Crippen LogP contribution in [0, 0.1) is 10.1 Å². The molecule has 4 aromatic carbocycles. The van der Waals surface area contributed by atoms with Gasteiger partial charge in [0.2, 0.25) is 0 Å². The first-order valence-corrected chi connectivity index (χ1v) is 17.8. The number of unbranched alkanes of at least 4 members (excludes halogenated alkanes) is 3. The van der Waals surface area contributed by atoms with Crippen LogP contribution in [0.5, 0.6) is 5.75 Å². The number of non-ortho nitro benzene ring substituents is 1. The Balaban J connectivity index is 1.30. The van der Waals surface area contributed by atoms with E-state index in [0.717, 1.165) is 31.4 Å². The lowest BCUT2D eigenvalue weighted by Gasteiger charge is -2.35. The fourth-order valence-corrected chi connectivity index (χ4v) is 7.17. The maximum absolute atomic E-state index is 13.0. The number of amides is 1. The van der Waals surface area contributed by atoms with Crippen LogP contribution in [0.4, 0.5) is 10.5 Å². The van der Waals surface area contributed by atoms with Crippen LogP contribution < -0.4 is 4.74 Å². The van der Waals surface area contributed by atoms with Crippen LogP contribution in [0.1, 0.15) is 76.0 Å². The van der Waals surface area contributed by atoms with Crippen LogP contribution in [-0.4, -0.2) is 46.3 Å². The lowest BCUT2D eigenvalue weighted by atomic mass is 9.84. The van der Waals surface area contributed by atoms with E-state index in [0.29, 0.717) is 19.5 Å². The highest BCUT2D eigenvalue weighted by Crippen LogP contribution is 2.48. The first kappa shape index (κ1) is 37.2. The van der Waals surface area contributed by atoms with E-state index in [2.05, 4.69) is 91.0 Å². The average Bonchev–Trinajstić information content (AvgIpc) is 3.09. The molecule has 4 aromatic rings. The standard InChI is InChI=1S/C40H46N2O6S/c1-39(2,3)48-38(44)41(30-17-24-37(43)47-36-27-25-35(26-28-36)42(45)46)29-15-4-5-16-31-49-40(32-18-9-6-10-19-32,33-20-11-7-12-21-33)34-22-13-8-14-23-34/h6-14,18-23,25-28H,4-5,15-17,24,29-31H2,1-3H3. The van der Waals surface area contributed by atoms with Crippen molar-refractivity contribution in [2.75, 3.05) is 18.8 Å². The first-order valence-electron chi connectivity index (χ1n) is 16.8. The van der Waals surface area contributed by atoms with Crippen molar-refractivity contribution in [3.05, 3.63) is 142 Å². The SMILES string of the molecule is CC(C)(C)OC(=O)N(CCCCCCSC(c1ccccc1)(c1ccccc1)c1ccccc1)CCCC(=O)Oc1ccc([N+](=O)[O-])cc1. The van der Waals surface area contributed by atoms with E-state index in [1.807, 2.05) is 32.5 Å². The highest BCUT2D eigenvalue weighted by atomic mass is 32.2. The lowest BCUT2D eigenvalue weighted by Crippen LogP contribution is -2.38. The molecule has 4 rings (SSSR count).